The second-order valence-corrected chi connectivity index (χ2v) is 3.85. The Morgan fingerprint density at radius 3 is 2.95 bits per heavy atom. The SMILES string of the molecule is O=C(NN1CCOCC1=O)c1cccc([N+](=O)[O-])c1. The number of hydrogen-bond donors (Lipinski definition) is 1. The molecule has 1 aliphatic heterocycles. The van der Waals surface area contributed by atoms with E-state index in [1.54, 1.807) is 0 Å². The smallest absolute Gasteiger partial charge is 0.270 e. The van der Waals surface area contributed by atoms with Gasteiger partial charge in [0.15, 0.2) is 0 Å². The van der Waals surface area contributed by atoms with E-state index < -0.39 is 10.8 Å². The van der Waals surface area contributed by atoms with Gasteiger partial charge in [-0.15, -0.1) is 0 Å². The molecule has 0 aliphatic carbocycles. The highest BCUT2D eigenvalue weighted by Gasteiger charge is 2.21. The maximum absolute atomic E-state index is 11.9. The van der Waals surface area contributed by atoms with E-state index in [0.717, 1.165) is 11.1 Å². The van der Waals surface area contributed by atoms with Crippen LogP contribution in [0.15, 0.2) is 24.3 Å². The minimum atomic E-state index is -0.587. The summed E-state index contributed by atoms with van der Waals surface area (Å²) in [5.74, 6) is -0.927. The minimum Gasteiger partial charge on any atom is -0.370 e. The van der Waals surface area contributed by atoms with Crippen molar-refractivity contribution in [1.82, 2.24) is 10.4 Å². The Hall–Kier alpha value is -2.48. The Bertz CT molecular complexity index is 531. The zero-order chi connectivity index (χ0) is 13.8. The quantitative estimate of drug-likeness (QED) is 0.616. The Balaban J connectivity index is 2.09. The van der Waals surface area contributed by atoms with Gasteiger partial charge in [-0.05, 0) is 6.07 Å². The molecular formula is C11H11N3O5. The third kappa shape index (κ3) is 3.05. The number of nitrogens with one attached hydrogen (secondary N) is 1. The third-order valence-corrected chi connectivity index (χ3v) is 2.54. The highest BCUT2D eigenvalue weighted by molar-refractivity contribution is 5.96. The Labute approximate surface area is 108 Å². The van der Waals surface area contributed by atoms with E-state index in [1.165, 1.54) is 18.2 Å². The number of hydrazine groups is 1. The summed E-state index contributed by atoms with van der Waals surface area (Å²) < 4.78 is 4.92. The molecule has 0 atom stereocenters. The maximum Gasteiger partial charge on any atom is 0.270 e. The number of benzene rings is 1. The lowest BCUT2D eigenvalue weighted by atomic mass is 10.2. The van der Waals surface area contributed by atoms with E-state index in [1.807, 2.05) is 0 Å². The van der Waals surface area contributed by atoms with Crippen molar-refractivity contribution in [2.45, 2.75) is 0 Å². The summed E-state index contributed by atoms with van der Waals surface area (Å²) in [6.07, 6.45) is 0. The van der Waals surface area contributed by atoms with Crippen LogP contribution in [0.2, 0.25) is 0 Å². The second-order valence-electron chi connectivity index (χ2n) is 3.85. The van der Waals surface area contributed by atoms with Crippen LogP contribution in [-0.2, 0) is 9.53 Å². The molecule has 19 heavy (non-hydrogen) atoms. The molecule has 1 heterocycles. The molecule has 0 bridgehead atoms. The average Bonchev–Trinajstić information content (AvgIpc) is 2.41. The predicted molar refractivity (Wildman–Crippen MR) is 63.1 cm³/mol. The monoisotopic (exact) mass is 265 g/mol. The van der Waals surface area contributed by atoms with Crippen molar-refractivity contribution in [3.63, 3.8) is 0 Å². The molecule has 1 aromatic rings. The summed E-state index contributed by atoms with van der Waals surface area (Å²) in [6.45, 7) is 0.496. The summed E-state index contributed by atoms with van der Waals surface area (Å²) in [4.78, 5) is 33.3. The van der Waals surface area contributed by atoms with Gasteiger partial charge in [-0.3, -0.25) is 25.1 Å². The zero-order valence-corrected chi connectivity index (χ0v) is 9.87. The molecule has 2 rings (SSSR count). The first kappa shape index (κ1) is 13.0. The van der Waals surface area contributed by atoms with Crippen molar-refractivity contribution in [2.24, 2.45) is 0 Å². The first-order valence-corrected chi connectivity index (χ1v) is 5.51. The van der Waals surface area contributed by atoms with Gasteiger partial charge in [0.2, 0.25) is 0 Å². The fourth-order valence-electron chi connectivity index (χ4n) is 1.58. The van der Waals surface area contributed by atoms with E-state index in [4.69, 9.17) is 4.74 Å². The maximum atomic E-state index is 11.9. The lowest BCUT2D eigenvalue weighted by molar-refractivity contribution is -0.384. The van der Waals surface area contributed by atoms with Crippen LogP contribution < -0.4 is 5.43 Å². The van der Waals surface area contributed by atoms with Crippen molar-refractivity contribution < 1.29 is 19.2 Å². The van der Waals surface area contributed by atoms with Crippen LogP contribution in [0.4, 0.5) is 5.69 Å². The van der Waals surface area contributed by atoms with Crippen LogP contribution in [0.5, 0.6) is 0 Å². The minimum absolute atomic E-state index is 0.0881. The number of hydrogen-bond acceptors (Lipinski definition) is 5. The van der Waals surface area contributed by atoms with Gasteiger partial charge in [-0.1, -0.05) is 6.07 Å². The van der Waals surface area contributed by atoms with Crippen molar-refractivity contribution >= 4 is 17.5 Å². The molecule has 1 fully saturated rings. The van der Waals surface area contributed by atoms with Crippen molar-refractivity contribution in [1.29, 1.82) is 0 Å². The average molecular weight is 265 g/mol. The molecular weight excluding hydrogens is 254 g/mol. The van der Waals surface area contributed by atoms with Gasteiger partial charge in [-0.25, -0.2) is 5.01 Å². The number of non-ortho nitro benzene ring substituents is 1. The van der Waals surface area contributed by atoms with E-state index in [-0.39, 0.29) is 30.3 Å². The van der Waals surface area contributed by atoms with Gasteiger partial charge in [-0.2, -0.15) is 0 Å². The number of nitro groups is 1. The van der Waals surface area contributed by atoms with Crippen LogP contribution in [0.25, 0.3) is 0 Å². The number of ether oxygens (including phenoxy) is 1. The first-order chi connectivity index (χ1) is 9.08. The fourth-order valence-corrected chi connectivity index (χ4v) is 1.58. The fraction of sp³-hybridized carbons (Fsp3) is 0.273. The molecule has 1 saturated heterocycles. The Kier molecular flexibility index (Phi) is 3.71. The number of nitrogens with zero attached hydrogens (tertiary/aromatic N) is 2. The van der Waals surface area contributed by atoms with E-state index in [9.17, 15) is 19.7 Å². The summed E-state index contributed by atoms with van der Waals surface area (Å²) in [5, 5.41) is 11.8. The van der Waals surface area contributed by atoms with E-state index >= 15 is 0 Å². The molecule has 8 heteroatoms. The molecule has 0 aromatic heterocycles. The highest BCUT2D eigenvalue weighted by atomic mass is 16.6. The van der Waals surface area contributed by atoms with Crippen LogP contribution in [0.1, 0.15) is 10.4 Å². The number of carbonyl (C=O) groups excluding carboxylic acids is 2. The lowest BCUT2D eigenvalue weighted by Crippen LogP contribution is -2.52. The van der Waals surface area contributed by atoms with Crippen molar-refractivity contribution in [3.8, 4) is 0 Å². The molecule has 1 N–H and O–H groups in total. The number of nitro benzene ring substituents is 1. The van der Waals surface area contributed by atoms with Crippen LogP contribution in [0, 0.1) is 10.1 Å². The largest absolute Gasteiger partial charge is 0.370 e. The third-order valence-electron chi connectivity index (χ3n) is 2.54. The van der Waals surface area contributed by atoms with Gasteiger partial charge in [0.05, 0.1) is 18.1 Å². The number of morpholine rings is 1. The summed E-state index contributed by atoms with van der Waals surface area (Å²) >= 11 is 0. The van der Waals surface area contributed by atoms with Gasteiger partial charge in [0.25, 0.3) is 17.5 Å². The normalized spacial score (nSPS) is 15.2. The number of rotatable bonds is 3. The molecule has 2 amide bonds. The summed E-state index contributed by atoms with van der Waals surface area (Å²) in [7, 11) is 0. The van der Waals surface area contributed by atoms with Gasteiger partial charge >= 0.3 is 0 Å². The Morgan fingerprint density at radius 2 is 2.26 bits per heavy atom. The molecule has 8 nitrogen and oxygen atoms in total. The molecule has 0 saturated carbocycles. The zero-order valence-electron chi connectivity index (χ0n) is 9.87. The molecule has 0 radical (unpaired) electrons. The van der Waals surface area contributed by atoms with Crippen LogP contribution in [0.3, 0.4) is 0 Å². The second kappa shape index (κ2) is 5.44. The van der Waals surface area contributed by atoms with Gasteiger partial charge < -0.3 is 4.74 Å². The highest BCUT2D eigenvalue weighted by Crippen LogP contribution is 2.13. The molecule has 100 valence electrons. The molecule has 1 aliphatic rings. The van der Waals surface area contributed by atoms with Crippen molar-refractivity contribution in [3.05, 3.63) is 39.9 Å². The molecule has 1 aromatic carbocycles. The standard InChI is InChI=1S/C11H11N3O5/c15-10-7-19-5-4-13(10)12-11(16)8-2-1-3-9(6-8)14(17)18/h1-3,6H,4-5,7H2,(H,12,16). The first-order valence-electron chi connectivity index (χ1n) is 5.51. The summed E-state index contributed by atoms with van der Waals surface area (Å²) in [5.41, 5.74) is 2.33. The van der Waals surface area contributed by atoms with Crippen LogP contribution in [-0.4, -0.2) is 41.5 Å². The molecule has 0 spiro atoms. The summed E-state index contributed by atoms with van der Waals surface area (Å²) in [6, 6.07) is 5.29. The number of carbonyl (C=O) groups is 2. The van der Waals surface area contributed by atoms with Crippen LogP contribution >= 0.6 is 0 Å². The predicted octanol–water partition coefficient (Wildman–Crippen LogP) is 0.0984. The topological polar surface area (TPSA) is 102 Å². The van der Waals surface area contributed by atoms with Gasteiger partial charge in [0, 0.05) is 17.7 Å². The van der Waals surface area contributed by atoms with Crippen molar-refractivity contribution in [2.75, 3.05) is 19.8 Å². The Morgan fingerprint density at radius 1 is 1.47 bits per heavy atom. The number of amides is 2. The van der Waals surface area contributed by atoms with E-state index in [0.29, 0.717) is 6.61 Å². The lowest BCUT2D eigenvalue weighted by Gasteiger charge is -2.26. The van der Waals surface area contributed by atoms with E-state index in [2.05, 4.69) is 5.43 Å². The molecule has 0 unspecified atom stereocenters. The van der Waals surface area contributed by atoms with Gasteiger partial charge in [0.1, 0.15) is 6.61 Å².